The van der Waals surface area contributed by atoms with Crippen molar-refractivity contribution in [2.24, 2.45) is 0 Å². The first-order valence-corrected chi connectivity index (χ1v) is 12.4. The van der Waals surface area contributed by atoms with Gasteiger partial charge < -0.3 is 15.0 Å². The van der Waals surface area contributed by atoms with E-state index in [1.54, 1.807) is 11.1 Å². The van der Waals surface area contributed by atoms with Crippen molar-refractivity contribution < 1.29 is 14.3 Å². The second kappa shape index (κ2) is 12.7. The zero-order valence-electron chi connectivity index (χ0n) is 20.9. The van der Waals surface area contributed by atoms with Crippen LogP contribution in [0.1, 0.15) is 40.9 Å². The summed E-state index contributed by atoms with van der Waals surface area (Å²) >= 11 is 0. The molecule has 2 heterocycles. The third-order valence-corrected chi connectivity index (χ3v) is 6.58. The maximum Gasteiger partial charge on any atom is 0.407 e. The quantitative estimate of drug-likeness (QED) is 0.502. The highest BCUT2D eigenvalue weighted by Gasteiger charge is 2.29. The van der Waals surface area contributed by atoms with E-state index in [4.69, 9.17) is 4.74 Å². The molecule has 8 nitrogen and oxygen atoms in total. The predicted molar refractivity (Wildman–Crippen MR) is 139 cm³/mol. The van der Waals surface area contributed by atoms with Crippen molar-refractivity contribution >= 4 is 12.0 Å². The second-order valence-electron chi connectivity index (χ2n) is 9.00. The number of ether oxygens (including phenoxy) is 1. The van der Waals surface area contributed by atoms with E-state index < -0.39 is 18.2 Å². The minimum atomic E-state index is -0.570. The lowest BCUT2D eigenvalue weighted by atomic mass is 10.0. The van der Waals surface area contributed by atoms with Crippen LogP contribution in [0.3, 0.4) is 0 Å². The molecule has 1 fully saturated rings. The molecule has 8 heteroatoms. The summed E-state index contributed by atoms with van der Waals surface area (Å²) in [5, 5.41) is 12.7. The number of pyridine rings is 1. The Kier molecular flexibility index (Phi) is 8.84. The monoisotopic (exact) mass is 497 g/mol. The van der Waals surface area contributed by atoms with Crippen LogP contribution in [0, 0.1) is 18.3 Å². The average Bonchev–Trinajstić information content (AvgIpc) is 2.94. The Morgan fingerprint density at radius 1 is 1.00 bits per heavy atom. The van der Waals surface area contributed by atoms with Gasteiger partial charge in [0.1, 0.15) is 12.6 Å². The van der Waals surface area contributed by atoms with Crippen LogP contribution < -0.4 is 5.32 Å². The van der Waals surface area contributed by atoms with Gasteiger partial charge in [0, 0.05) is 43.6 Å². The zero-order chi connectivity index (χ0) is 26.0. The molecule has 190 valence electrons. The normalized spacial score (nSPS) is 15.3. The van der Waals surface area contributed by atoms with E-state index in [-0.39, 0.29) is 18.9 Å². The summed E-state index contributed by atoms with van der Waals surface area (Å²) < 4.78 is 5.39. The Morgan fingerprint density at radius 2 is 1.68 bits per heavy atom. The van der Waals surface area contributed by atoms with E-state index in [0.717, 1.165) is 22.4 Å². The number of aryl methyl sites for hydroxylation is 1. The van der Waals surface area contributed by atoms with Crippen molar-refractivity contribution in [3.05, 3.63) is 101 Å². The number of hydrogen-bond donors (Lipinski definition) is 1. The smallest absolute Gasteiger partial charge is 0.407 e. The molecule has 0 aliphatic carbocycles. The second-order valence-corrected chi connectivity index (χ2v) is 9.00. The van der Waals surface area contributed by atoms with Crippen LogP contribution in [0.15, 0.2) is 79.0 Å². The number of amides is 2. The van der Waals surface area contributed by atoms with Gasteiger partial charge in [-0.25, -0.2) is 4.79 Å². The molecule has 2 unspecified atom stereocenters. The molecule has 1 aromatic heterocycles. The van der Waals surface area contributed by atoms with Gasteiger partial charge in [-0.2, -0.15) is 5.26 Å². The van der Waals surface area contributed by atoms with Crippen LogP contribution in [0.5, 0.6) is 0 Å². The summed E-state index contributed by atoms with van der Waals surface area (Å²) in [5.74, 6) is -0.0528. The van der Waals surface area contributed by atoms with Crippen molar-refractivity contribution in [2.45, 2.75) is 32.0 Å². The molecule has 2 amide bonds. The van der Waals surface area contributed by atoms with Crippen LogP contribution >= 0.6 is 0 Å². The first kappa shape index (κ1) is 25.9. The van der Waals surface area contributed by atoms with Gasteiger partial charge in [0.05, 0.1) is 18.5 Å². The molecule has 1 saturated heterocycles. The lowest BCUT2D eigenvalue weighted by Gasteiger charge is -2.37. The Morgan fingerprint density at radius 3 is 2.32 bits per heavy atom. The number of nitriles is 1. The molecule has 4 rings (SSSR count). The zero-order valence-corrected chi connectivity index (χ0v) is 20.9. The molecule has 3 aromatic rings. The van der Waals surface area contributed by atoms with Crippen LogP contribution in [0.4, 0.5) is 4.79 Å². The molecule has 0 bridgehead atoms. The summed E-state index contributed by atoms with van der Waals surface area (Å²) in [7, 11) is 0. The minimum absolute atomic E-state index is 0.0528. The Hall–Kier alpha value is -4.22. The third-order valence-electron chi connectivity index (χ3n) is 6.58. The summed E-state index contributed by atoms with van der Waals surface area (Å²) in [4.78, 5) is 34.0. The molecule has 37 heavy (non-hydrogen) atoms. The van der Waals surface area contributed by atoms with E-state index in [1.165, 1.54) is 0 Å². The van der Waals surface area contributed by atoms with Crippen molar-refractivity contribution in [3.63, 3.8) is 0 Å². The standard InChI is InChI=1S/C29H31N5O3/c1-22-25(13-8-14-31-22)27(20-30)33-15-17-34(18-16-33)28(35)19-26(24-11-6-3-7-12-24)32-29(36)37-21-23-9-4-2-5-10-23/h2-14,26-27H,15-19,21H2,1H3,(H,32,36). The number of aromatic nitrogens is 1. The molecule has 0 spiro atoms. The predicted octanol–water partition coefficient (Wildman–Crippen LogP) is 4.16. The van der Waals surface area contributed by atoms with Gasteiger partial charge in [0.2, 0.25) is 5.91 Å². The highest BCUT2D eigenvalue weighted by molar-refractivity contribution is 5.78. The number of nitrogens with zero attached hydrogens (tertiary/aromatic N) is 4. The van der Waals surface area contributed by atoms with Gasteiger partial charge >= 0.3 is 6.09 Å². The van der Waals surface area contributed by atoms with Gasteiger partial charge in [-0.1, -0.05) is 66.7 Å². The van der Waals surface area contributed by atoms with Crippen LogP contribution in [0.2, 0.25) is 0 Å². The number of rotatable bonds is 8. The van der Waals surface area contributed by atoms with Gasteiger partial charge in [0.25, 0.3) is 0 Å². The fraction of sp³-hybridized carbons (Fsp3) is 0.310. The molecular weight excluding hydrogens is 466 g/mol. The summed E-state index contributed by atoms with van der Waals surface area (Å²) in [5.41, 5.74) is 3.46. The molecule has 1 aliphatic heterocycles. The molecular formula is C29H31N5O3. The van der Waals surface area contributed by atoms with E-state index in [0.29, 0.717) is 26.2 Å². The number of benzene rings is 2. The Balaban J connectivity index is 1.35. The number of nitrogens with one attached hydrogen (secondary N) is 1. The first-order chi connectivity index (χ1) is 18.0. The maximum absolute atomic E-state index is 13.3. The topological polar surface area (TPSA) is 98.6 Å². The molecule has 2 atom stereocenters. The minimum Gasteiger partial charge on any atom is -0.445 e. The fourth-order valence-electron chi connectivity index (χ4n) is 4.51. The fourth-order valence-corrected chi connectivity index (χ4v) is 4.51. The van der Waals surface area contributed by atoms with E-state index in [1.807, 2.05) is 79.7 Å². The molecule has 2 aromatic carbocycles. The maximum atomic E-state index is 13.3. The van der Waals surface area contributed by atoms with Gasteiger partial charge in [-0.05, 0) is 24.1 Å². The number of piperazine rings is 1. The van der Waals surface area contributed by atoms with E-state index in [2.05, 4.69) is 21.3 Å². The van der Waals surface area contributed by atoms with Crippen molar-refractivity contribution in [1.29, 1.82) is 5.26 Å². The Bertz CT molecular complexity index is 1220. The summed E-state index contributed by atoms with van der Waals surface area (Å²) in [6.07, 6.45) is 1.27. The molecule has 0 saturated carbocycles. The highest BCUT2D eigenvalue weighted by atomic mass is 16.5. The van der Waals surface area contributed by atoms with E-state index >= 15 is 0 Å². The van der Waals surface area contributed by atoms with Gasteiger partial charge in [0.15, 0.2) is 0 Å². The van der Waals surface area contributed by atoms with Gasteiger partial charge in [-0.15, -0.1) is 0 Å². The Labute approximate surface area is 217 Å². The van der Waals surface area contributed by atoms with Gasteiger partial charge in [-0.3, -0.25) is 14.7 Å². The SMILES string of the molecule is Cc1ncccc1C(C#N)N1CCN(C(=O)CC(NC(=O)OCc2ccccc2)c2ccccc2)CC1. The molecule has 1 N–H and O–H groups in total. The summed E-state index contributed by atoms with van der Waals surface area (Å²) in [6.45, 7) is 4.25. The molecule has 0 radical (unpaired) electrons. The van der Waals surface area contributed by atoms with Crippen LogP contribution in [-0.2, 0) is 16.1 Å². The van der Waals surface area contributed by atoms with E-state index in [9.17, 15) is 14.9 Å². The number of hydrogen-bond acceptors (Lipinski definition) is 6. The summed E-state index contributed by atoms with van der Waals surface area (Å²) in [6, 6.07) is 24.1. The number of carbonyl (C=O) groups is 2. The number of carbonyl (C=O) groups excluding carboxylic acids is 2. The van der Waals surface area contributed by atoms with Crippen LogP contribution in [-0.4, -0.2) is 53.0 Å². The highest BCUT2D eigenvalue weighted by Crippen LogP contribution is 2.24. The third kappa shape index (κ3) is 6.93. The van der Waals surface area contributed by atoms with Crippen molar-refractivity contribution in [3.8, 4) is 6.07 Å². The van der Waals surface area contributed by atoms with Crippen molar-refractivity contribution in [1.82, 2.24) is 20.1 Å². The lowest BCUT2D eigenvalue weighted by Crippen LogP contribution is -2.50. The lowest BCUT2D eigenvalue weighted by molar-refractivity contribution is -0.133. The first-order valence-electron chi connectivity index (χ1n) is 12.4. The van der Waals surface area contributed by atoms with Crippen LogP contribution in [0.25, 0.3) is 0 Å². The average molecular weight is 498 g/mol. The van der Waals surface area contributed by atoms with Crippen molar-refractivity contribution in [2.75, 3.05) is 26.2 Å². The molecule has 1 aliphatic rings. The number of alkyl carbamates (subject to hydrolysis) is 1. The largest absolute Gasteiger partial charge is 0.445 e.